The molecule has 7 heteroatoms. The predicted molar refractivity (Wildman–Crippen MR) is 88.7 cm³/mol. The van der Waals surface area contributed by atoms with Crippen molar-refractivity contribution in [1.82, 2.24) is 5.32 Å². The van der Waals surface area contributed by atoms with Crippen LogP contribution in [-0.2, 0) is 20.7 Å². The second-order valence-corrected chi connectivity index (χ2v) is 5.15. The first-order valence-corrected chi connectivity index (χ1v) is 7.69. The molecule has 1 atom stereocenters. The van der Waals surface area contributed by atoms with Crippen LogP contribution in [0.2, 0.25) is 0 Å². The minimum absolute atomic E-state index is 0.195. The molecule has 0 unspecified atom stereocenters. The van der Waals surface area contributed by atoms with E-state index in [9.17, 15) is 9.59 Å². The highest BCUT2D eigenvalue weighted by atomic mass is 16.5. The first kappa shape index (κ1) is 19.6. The number of hydrogen-bond acceptors (Lipinski definition) is 6. The zero-order valence-corrected chi connectivity index (χ0v) is 14.8. The third-order valence-electron chi connectivity index (χ3n) is 3.33. The quantitative estimate of drug-likeness (QED) is 0.545. The van der Waals surface area contributed by atoms with Crippen LogP contribution in [0.1, 0.15) is 25.8 Å². The van der Waals surface area contributed by atoms with Gasteiger partial charge in [0.2, 0.25) is 11.7 Å². The summed E-state index contributed by atoms with van der Waals surface area (Å²) in [5.74, 6) is 0.717. The van der Waals surface area contributed by atoms with Crippen LogP contribution in [0.15, 0.2) is 12.1 Å². The van der Waals surface area contributed by atoms with Crippen molar-refractivity contribution >= 4 is 11.9 Å². The summed E-state index contributed by atoms with van der Waals surface area (Å²) in [6.07, 6.45) is 0.222. The number of nitrogens with one attached hydrogen (secondary N) is 1. The molecule has 1 N–H and O–H groups in total. The molecule has 0 aliphatic heterocycles. The van der Waals surface area contributed by atoms with Gasteiger partial charge in [-0.2, -0.15) is 0 Å². The van der Waals surface area contributed by atoms with Gasteiger partial charge < -0.3 is 24.3 Å². The van der Waals surface area contributed by atoms with Crippen molar-refractivity contribution in [1.29, 1.82) is 0 Å². The molecule has 1 aromatic carbocycles. The van der Waals surface area contributed by atoms with Crippen molar-refractivity contribution < 1.29 is 28.5 Å². The van der Waals surface area contributed by atoms with E-state index < -0.39 is 5.97 Å². The highest BCUT2D eigenvalue weighted by Gasteiger charge is 2.19. The van der Waals surface area contributed by atoms with Crippen LogP contribution in [0.3, 0.4) is 0 Å². The molecule has 1 rings (SSSR count). The van der Waals surface area contributed by atoms with Gasteiger partial charge in [0.1, 0.15) is 6.42 Å². The summed E-state index contributed by atoms with van der Waals surface area (Å²) in [5, 5.41) is 2.77. The summed E-state index contributed by atoms with van der Waals surface area (Å²) in [6.45, 7) is 3.80. The largest absolute Gasteiger partial charge is 0.493 e. The fraction of sp³-hybridized carbons (Fsp3) is 0.529. The van der Waals surface area contributed by atoms with E-state index in [0.29, 0.717) is 23.7 Å². The Morgan fingerprint density at radius 2 is 1.75 bits per heavy atom. The van der Waals surface area contributed by atoms with Gasteiger partial charge in [-0.15, -0.1) is 0 Å². The molecule has 0 aliphatic rings. The number of rotatable bonds is 9. The van der Waals surface area contributed by atoms with Gasteiger partial charge in [-0.25, -0.2) is 0 Å². The molecule has 0 spiro atoms. The fourth-order valence-corrected chi connectivity index (χ4v) is 2.37. The van der Waals surface area contributed by atoms with Crippen molar-refractivity contribution in [3.8, 4) is 17.2 Å². The lowest BCUT2D eigenvalue weighted by molar-refractivity contribution is -0.146. The molecule has 0 aromatic heterocycles. The molecule has 0 saturated carbocycles. The van der Waals surface area contributed by atoms with Crippen molar-refractivity contribution in [3.05, 3.63) is 17.7 Å². The second kappa shape index (κ2) is 9.64. The molecule has 24 heavy (non-hydrogen) atoms. The first-order valence-electron chi connectivity index (χ1n) is 7.69. The number of esters is 1. The maximum Gasteiger partial charge on any atom is 0.315 e. The third kappa shape index (κ3) is 5.33. The van der Waals surface area contributed by atoms with E-state index in [0.717, 1.165) is 5.56 Å². The number of amides is 1. The van der Waals surface area contributed by atoms with Crippen LogP contribution in [0.4, 0.5) is 0 Å². The van der Waals surface area contributed by atoms with Crippen LogP contribution in [0, 0.1) is 0 Å². The van der Waals surface area contributed by atoms with Crippen molar-refractivity contribution in [2.75, 3.05) is 27.9 Å². The Bertz CT molecular complexity index is 572. The lowest BCUT2D eigenvalue weighted by atomic mass is 10.0. The molecule has 1 aromatic rings. The number of ether oxygens (including phenoxy) is 4. The Hall–Kier alpha value is -2.44. The Balaban J connectivity index is 2.78. The molecule has 134 valence electrons. The molecular weight excluding hydrogens is 314 g/mol. The average Bonchev–Trinajstić information content (AvgIpc) is 2.53. The molecule has 0 aliphatic carbocycles. The van der Waals surface area contributed by atoms with E-state index in [1.165, 1.54) is 7.11 Å². The van der Waals surface area contributed by atoms with Gasteiger partial charge in [0.25, 0.3) is 0 Å². The minimum Gasteiger partial charge on any atom is -0.493 e. The summed E-state index contributed by atoms with van der Waals surface area (Å²) in [7, 11) is 4.63. The van der Waals surface area contributed by atoms with Crippen molar-refractivity contribution in [3.63, 3.8) is 0 Å². The zero-order valence-electron chi connectivity index (χ0n) is 14.8. The Labute approximate surface area is 142 Å². The van der Waals surface area contributed by atoms with Crippen LogP contribution >= 0.6 is 0 Å². The molecule has 0 fully saturated rings. The van der Waals surface area contributed by atoms with Crippen LogP contribution in [0.5, 0.6) is 17.2 Å². The van der Waals surface area contributed by atoms with E-state index in [1.807, 2.05) is 13.0 Å². The minimum atomic E-state index is -0.536. The molecule has 7 nitrogen and oxygen atoms in total. The van der Waals surface area contributed by atoms with Gasteiger partial charge in [0.05, 0.1) is 27.9 Å². The SMILES string of the molecule is CCOC(=O)CC(=O)N[C@H](C)Cc1ccc(OC)c(OC)c1OC. The fourth-order valence-electron chi connectivity index (χ4n) is 2.37. The molecule has 1 amide bonds. The van der Waals surface area contributed by atoms with Crippen LogP contribution in [0.25, 0.3) is 0 Å². The highest BCUT2D eigenvalue weighted by molar-refractivity contribution is 5.94. The normalized spacial score (nSPS) is 11.4. The monoisotopic (exact) mass is 339 g/mol. The van der Waals surface area contributed by atoms with E-state index in [-0.39, 0.29) is 25.0 Å². The predicted octanol–water partition coefficient (Wildman–Crippen LogP) is 1.71. The van der Waals surface area contributed by atoms with Crippen LogP contribution < -0.4 is 19.5 Å². The van der Waals surface area contributed by atoms with E-state index in [2.05, 4.69) is 5.32 Å². The maximum atomic E-state index is 11.8. The number of carbonyl (C=O) groups is 2. The van der Waals surface area contributed by atoms with E-state index in [1.54, 1.807) is 27.2 Å². The molecule has 0 radical (unpaired) electrons. The van der Waals surface area contributed by atoms with Gasteiger partial charge in [0, 0.05) is 11.6 Å². The third-order valence-corrected chi connectivity index (χ3v) is 3.33. The van der Waals surface area contributed by atoms with Gasteiger partial charge in [-0.1, -0.05) is 6.07 Å². The second-order valence-electron chi connectivity index (χ2n) is 5.15. The first-order chi connectivity index (χ1) is 11.5. The highest BCUT2D eigenvalue weighted by Crippen LogP contribution is 2.40. The smallest absolute Gasteiger partial charge is 0.315 e. The van der Waals surface area contributed by atoms with Gasteiger partial charge >= 0.3 is 5.97 Å². The Morgan fingerprint density at radius 1 is 1.08 bits per heavy atom. The van der Waals surface area contributed by atoms with E-state index in [4.69, 9.17) is 18.9 Å². The van der Waals surface area contributed by atoms with E-state index >= 15 is 0 Å². The molecular formula is C17H25NO6. The summed E-state index contributed by atoms with van der Waals surface area (Å²) in [5.41, 5.74) is 0.860. The topological polar surface area (TPSA) is 83.1 Å². The molecule has 0 saturated heterocycles. The van der Waals surface area contributed by atoms with Gasteiger partial charge in [-0.3, -0.25) is 9.59 Å². The summed E-state index contributed by atoms with van der Waals surface area (Å²) in [4.78, 5) is 23.1. The van der Waals surface area contributed by atoms with Gasteiger partial charge in [-0.05, 0) is 26.3 Å². The molecule has 0 heterocycles. The Morgan fingerprint density at radius 3 is 2.29 bits per heavy atom. The Kier molecular flexibility index (Phi) is 7.88. The number of benzene rings is 1. The van der Waals surface area contributed by atoms with Crippen LogP contribution in [-0.4, -0.2) is 45.9 Å². The summed E-state index contributed by atoms with van der Waals surface area (Å²) < 4.78 is 20.8. The number of methoxy groups -OCH3 is 3. The average molecular weight is 339 g/mol. The number of hydrogen-bond donors (Lipinski definition) is 1. The summed E-state index contributed by atoms with van der Waals surface area (Å²) in [6, 6.07) is 3.44. The van der Waals surface area contributed by atoms with Gasteiger partial charge in [0.15, 0.2) is 11.5 Å². The zero-order chi connectivity index (χ0) is 18.1. The lowest BCUT2D eigenvalue weighted by Gasteiger charge is -2.19. The summed E-state index contributed by atoms with van der Waals surface area (Å²) >= 11 is 0. The standard InChI is InChI=1S/C17H25NO6/c1-6-24-15(20)10-14(19)18-11(2)9-12-7-8-13(21-3)17(23-5)16(12)22-4/h7-8,11H,6,9-10H2,1-5H3,(H,18,19)/t11-/m1/s1. The number of carbonyl (C=O) groups excluding carboxylic acids is 2. The van der Waals surface area contributed by atoms with Crippen molar-refractivity contribution in [2.24, 2.45) is 0 Å². The van der Waals surface area contributed by atoms with Crippen molar-refractivity contribution in [2.45, 2.75) is 32.7 Å². The maximum absolute atomic E-state index is 11.8. The molecule has 0 bridgehead atoms. The lowest BCUT2D eigenvalue weighted by Crippen LogP contribution is -2.35.